The smallest absolute Gasteiger partial charge is 0.251 e. The van der Waals surface area contributed by atoms with Gasteiger partial charge in [0.1, 0.15) is 0 Å². The number of anilines is 1. The highest BCUT2D eigenvalue weighted by molar-refractivity contribution is 5.94. The molecule has 2 unspecified atom stereocenters. The predicted molar refractivity (Wildman–Crippen MR) is 108 cm³/mol. The summed E-state index contributed by atoms with van der Waals surface area (Å²) in [5.74, 6) is 0.454. The highest BCUT2D eigenvalue weighted by Crippen LogP contribution is 2.24. The molecule has 1 amide bonds. The molecular weight excluding hydrogens is 324 g/mol. The van der Waals surface area contributed by atoms with Crippen LogP contribution in [0.3, 0.4) is 0 Å². The molecule has 1 saturated heterocycles. The molecule has 1 aliphatic carbocycles. The molecule has 5 nitrogen and oxygen atoms in total. The summed E-state index contributed by atoms with van der Waals surface area (Å²) in [4.78, 5) is 17.5. The molecule has 2 atom stereocenters. The van der Waals surface area contributed by atoms with E-state index in [-0.39, 0.29) is 11.9 Å². The van der Waals surface area contributed by atoms with E-state index in [0.29, 0.717) is 18.5 Å². The summed E-state index contributed by atoms with van der Waals surface area (Å²) in [6, 6.07) is 8.92. The van der Waals surface area contributed by atoms with Crippen molar-refractivity contribution in [3.8, 4) is 0 Å². The zero-order chi connectivity index (χ0) is 18.5. The molecule has 3 rings (SSSR count). The third-order valence-corrected chi connectivity index (χ3v) is 6.07. The zero-order valence-electron chi connectivity index (χ0n) is 16.3. The lowest BCUT2D eigenvalue weighted by Gasteiger charge is -2.38. The van der Waals surface area contributed by atoms with Gasteiger partial charge in [-0.3, -0.25) is 9.69 Å². The van der Waals surface area contributed by atoms with E-state index in [1.54, 1.807) is 0 Å². The maximum Gasteiger partial charge on any atom is 0.251 e. The fourth-order valence-corrected chi connectivity index (χ4v) is 4.25. The molecule has 1 aromatic rings. The van der Waals surface area contributed by atoms with Gasteiger partial charge >= 0.3 is 0 Å². The number of hydrogen-bond acceptors (Lipinski definition) is 4. The van der Waals surface area contributed by atoms with E-state index in [1.165, 1.54) is 18.5 Å². The lowest BCUT2D eigenvalue weighted by Crippen LogP contribution is -2.48. The molecule has 0 radical (unpaired) electrons. The molecule has 3 N–H and O–H groups in total. The van der Waals surface area contributed by atoms with E-state index in [9.17, 15) is 4.79 Å². The number of amides is 1. The van der Waals surface area contributed by atoms with E-state index < -0.39 is 0 Å². The van der Waals surface area contributed by atoms with Crippen LogP contribution in [0.5, 0.6) is 0 Å². The van der Waals surface area contributed by atoms with Crippen LogP contribution in [-0.4, -0.2) is 55.6 Å². The monoisotopic (exact) mass is 358 g/mol. The van der Waals surface area contributed by atoms with Gasteiger partial charge in [0, 0.05) is 49.5 Å². The molecule has 1 aliphatic heterocycles. The van der Waals surface area contributed by atoms with Crippen LogP contribution in [0.1, 0.15) is 49.9 Å². The van der Waals surface area contributed by atoms with Crippen LogP contribution in [0.25, 0.3) is 0 Å². The van der Waals surface area contributed by atoms with Gasteiger partial charge < -0.3 is 16.0 Å². The first kappa shape index (κ1) is 19.2. The van der Waals surface area contributed by atoms with Crippen LogP contribution in [-0.2, 0) is 0 Å². The summed E-state index contributed by atoms with van der Waals surface area (Å²) in [5.41, 5.74) is 7.84. The minimum atomic E-state index is 0.0338. The largest absolute Gasteiger partial charge is 0.369 e. The normalized spacial score (nSPS) is 24.7. The molecule has 1 aromatic carbocycles. The van der Waals surface area contributed by atoms with E-state index >= 15 is 0 Å². The Morgan fingerprint density at radius 2 is 1.77 bits per heavy atom. The SMILES string of the molecule is CC(C)N1CCN(c2ccc(C(=O)NC3CCCCC3CN)cc2)CC1. The Bertz CT molecular complexity index is 578. The number of nitrogens with zero attached hydrogens (tertiary/aromatic N) is 2. The number of carbonyl (C=O) groups excluding carboxylic acids is 1. The Morgan fingerprint density at radius 1 is 1.12 bits per heavy atom. The Hall–Kier alpha value is -1.59. The molecule has 2 fully saturated rings. The standard InChI is InChI=1S/C21H34N4O/c1-16(2)24-11-13-25(14-12-24)19-9-7-17(8-10-19)21(26)23-20-6-4-3-5-18(20)15-22/h7-10,16,18,20H,3-6,11-15,22H2,1-2H3,(H,23,26). The van der Waals surface area contributed by atoms with Crippen molar-refractivity contribution >= 4 is 11.6 Å². The van der Waals surface area contributed by atoms with Crippen molar-refractivity contribution in [2.45, 2.75) is 51.6 Å². The third kappa shape index (κ3) is 4.57. The van der Waals surface area contributed by atoms with Crippen LogP contribution in [0.4, 0.5) is 5.69 Å². The van der Waals surface area contributed by atoms with Gasteiger partial charge in [-0.25, -0.2) is 0 Å². The van der Waals surface area contributed by atoms with Gasteiger partial charge in [0.15, 0.2) is 0 Å². The summed E-state index contributed by atoms with van der Waals surface area (Å²) in [7, 11) is 0. The zero-order valence-corrected chi connectivity index (χ0v) is 16.3. The fraction of sp³-hybridized carbons (Fsp3) is 0.667. The van der Waals surface area contributed by atoms with Crippen molar-refractivity contribution in [3.05, 3.63) is 29.8 Å². The predicted octanol–water partition coefficient (Wildman–Crippen LogP) is 2.46. The second-order valence-corrected chi connectivity index (χ2v) is 8.02. The number of benzene rings is 1. The van der Waals surface area contributed by atoms with Crippen molar-refractivity contribution < 1.29 is 4.79 Å². The van der Waals surface area contributed by atoms with Gasteiger partial charge in [-0.2, -0.15) is 0 Å². The lowest BCUT2D eigenvalue weighted by atomic mass is 9.84. The van der Waals surface area contributed by atoms with Crippen molar-refractivity contribution in [1.82, 2.24) is 10.2 Å². The molecule has 26 heavy (non-hydrogen) atoms. The Kier molecular flexibility index (Phi) is 6.54. The molecule has 0 aromatic heterocycles. The van der Waals surface area contributed by atoms with E-state index in [4.69, 9.17) is 5.73 Å². The summed E-state index contributed by atoms with van der Waals surface area (Å²) >= 11 is 0. The minimum absolute atomic E-state index is 0.0338. The topological polar surface area (TPSA) is 61.6 Å². The van der Waals surface area contributed by atoms with E-state index in [1.807, 2.05) is 12.1 Å². The van der Waals surface area contributed by atoms with E-state index in [0.717, 1.165) is 44.6 Å². The van der Waals surface area contributed by atoms with Gasteiger partial charge in [0.05, 0.1) is 0 Å². The molecule has 0 spiro atoms. The lowest BCUT2D eigenvalue weighted by molar-refractivity contribution is 0.0908. The van der Waals surface area contributed by atoms with Gasteiger partial charge in [-0.05, 0) is 63.4 Å². The maximum absolute atomic E-state index is 12.6. The molecule has 144 valence electrons. The average molecular weight is 359 g/mol. The number of hydrogen-bond donors (Lipinski definition) is 2. The van der Waals surface area contributed by atoms with Crippen molar-refractivity contribution in [3.63, 3.8) is 0 Å². The van der Waals surface area contributed by atoms with Gasteiger partial charge in [0.25, 0.3) is 5.91 Å². The fourth-order valence-electron chi connectivity index (χ4n) is 4.25. The molecular formula is C21H34N4O. The van der Waals surface area contributed by atoms with Crippen molar-refractivity contribution in [2.24, 2.45) is 11.7 Å². The second kappa shape index (κ2) is 8.87. The van der Waals surface area contributed by atoms with Crippen molar-refractivity contribution in [1.29, 1.82) is 0 Å². The van der Waals surface area contributed by atoms with Crippen LogP contribution in [0, 0.1) is 5.92 Å². The Morgan fingerprint density at radius 3 is 2.38 bits per heavy atom. The number of piperazine rings is 1. The highest BCUT2D eigenvalue weighted by atomic mass is 16.1. The maximum atomic E-state index is 12.6. The Balaban J connectivity index is 1.56. The molecule has 1 saturated carbocycles. The van der Waals surface area contributed by atoms with Crippen LogP contribution < -0.4 is 16.0 Å². The highest BCUT2D eigenvalue weighted by Gasteiger charge is 2.26. The summed E-state index contributed by atoms with van der Waals surface area (Å²) in [5, 5.41) is 3.21. The molecule has 5 heteroatoms. The first-order chi connectivity index (χ1) is 12.6. The van der Waals surface area contributed by atoms with Crippen LogP contribution in [0.2, 0.25) is 0 Å². The first-order valence-corrected chi connectivity index (χ1v) is 10.2. The molecule has 1 heterocycles. The number of nitrogens with one attached hydrogen (secondary N) is 1. The molecule has 0 bridgehead atoms. The number of nitrogens with two attached hydrogens (primary N) is 1. The van der Waals surface area contributed by atoms with Gasteiger partial charge in [-0.15, -0.1) is 0 Å². The number of carbonyl (C=O) groups is 1. The first-order valence-electron chi connectivity index (χ1n) is 10.2. The van der Waals surface area contributed by atoms with Crippen LogP contribution >= 0.6 is 0 Å². The summed E-state index contributed by atoms with van der Waals surface area (Å²) in [6.45, 7) is 9.46. The van der Waals surface area contributed by atoms with Crippen molar-refractivity contribution in [2.75, 3.05) is 37.6 Å². The molecule has 2 aliphatic rings. The van der Waals surface area contributed by atoms with E-state index in [2.05, 4.69) is 41.1 Å². The van der Waals surface area contributed by atoms with Gasteiger partial charge in [0.2, 0.25) is 0 Å². The Labute approximate surface area is 157 Å². The quantitative estimate of drug-likeness (QED) is 0.849. The summed E-state index contributed by atoms with van der Waals surface area (Å²) < 4.78 is 0. The summed E-state index contributed by atoms with van der Waals surface area (Å²) in [6.07, 6.45) is 4.59. The third-order valence-electron chi connectivity index (χ3n) is 6.07. The second-order valence-electron chi connectivity index (χ2n) is 8.02. The van der Waals surface area contributed by atoms with Gasteiger partial charge in [-0.1, -0.05) is 12.8 Å². The minimum Gasteiger partial charge on any atom is -0.369 e. The average Bonchev–Trinajstić information content (AvgIpc) is 2.68. The van der Waals surface area contributed by atoms with Crippen LogP contribution in [0.15, 0.2) is 24.3 Å². The number of rotatable bonds is 5.